The van der Waals surface area contributed by atoms with Crippen molar-refractivity contribution in [3.63, 3.8) is 0 Å². The Morgan fingerprint density at radius 1 is 1.35 bits per heavy atom. The molecule has 0 bridgehead atoms. The Balaban J connectivity index is 2.01. The molecule has 1 aliphatic rings. The SMILES string of the molecule is CCOc1ccccc1NC(=O)NC1(CO)CCCC1. The van der Waals surface area contributed by atoms with Crippen LogP contribution in [0.15, 0.2) is 24.3 Å². The molecule has 0 aromatic heterocycles. The van der Waals surface area contributed by atoms with Gasteiger partial charge >= 0.3 is 6.03 Å². The number of urea groups is 1. The van der Waals surface area contributed by atoms with Crippen molar-refractivity contribution in [3.05, 3.63) is 24.3 Å². The topological polar surface area (TPSA) is 70.6 Å². The number of hydrogen-bond donors (Lipinski definition) is 3. The number of nitrogens with one attached hydrogen (secondary N) is 2. The zero-order chi connectivity index (χ0) is 14.4. The highest BCUT2D eigenvalue weighted by molar-refractivity contribution is 5.91. The van der Waals surface area contributed by atoms with Crippen LogP contribution in [0.1, 0.15) is 32.6 Å². The number of carbonyl (C=O) groups excluding carboxylic acids is 1. The van der Waals surface area contributed by atoms with Crippen LogP contribution >= 0.6 is 0 Å². The predicted molar refractivity (Wildman–Crippen MR) is 78.1 cm³/mol. The minimum atomic E-state index is -0.468. The van der Waals surface area contributed by atoms with E-state index in [-0.39, 0.29) is 12.6 Å². The zero-order valence-electron chi connectivity index (χ0n) is 11.8. The van der Waals surface area contributed by atoms with Gasteiger partial charge in [-0.3, -0.25) is 0 Å². The van der Waals surface area contributed by atoms with Crippen LogP contribution in [0.2, 0.25) is 0 Å². The smallest absolute Gasteiger partial charge is 0.319 e. The van der Waals surface area contributed by atoms with Crippen LogP contribution in [-0.2, 0) is 0 Å². The van der Waals surface area contributed by atoms with Crippen LogP contribution in [0.4, 0.5) is 10.5 Å². The Labute approximate surface area is 119 Å². The van der Waals surface area contributed by atoms with E-state index in [1.807, 2.05) is 25.1 Å². The lowest BCUT2D eigenvalue weighted by Crippen LogP contribution is -2.50. The number of carbonyl (C=O) groups is 1. The summed E-state index contributed by atoms with van der Waals surface area (Å²) in [7, 11) is 0. The number of rotatable bonds is 5. The van der Waals surface area contributed by atoms with Gasteiger partial charge in [0, 0.05) is 0 Å². The van der Waals surface area contributed by atoms with Gasteiger partial charge in [-0.2, -0.15) is 0 Å². The molecule has 0 radical (unpaired) electrons. The summed E-state index contributed by atoms with van der Waals surface area (Å²) >= 11 is 0. The molecule has 0 unspecified atom stereocenters. The largest absolute Gasteiger partial charge is 0.492 e. The Bertz CT molecular complexity index is 456. The molecule has 2 amide bonds. The van der Waals surface area contributed by atoms with E-state index in [4.69, 9.17) is 4.74 Å². The zero-order valence-corrected chi connectivity index (χ0v) is 11.8. The van der Waals surface area contributed by atoms with E-state index in [1.54, 1.807) is 6.07 Å². The van der Waals surface area contributed by atoms with Gasteiger partial charge in [0.15, 0.2) is 0 Å². The maximum atomic E-state index is 12.1. The van der Waals surface area contributed by atoms with Crippen molar-refractivity contribution in [2.24, 2.45) is 0 Å². The third-order valence-electron chi connectivity index (χ3n) is 3.68. The van der Waals surface area contributed by atoms with Gasteiger partial charge in [-0.25, -0.2) is 4.79 Å². The molecule has 0 heterocycles. The first kappa shape index (κ1) is 14.7. The first-order valence-electron chi connectivity index (χ1n) is 7.11. The molecule has 110 valence electrons. The lowest BCUT2D eigenvalue weighted by molar-refractivity contribution is 0.167. The average Bonchev–Trinajstić information content (AvgIpc) is 2.90. The second-order valence-electron chi connectivity index (χ2n) is 5.15. The van der Waals surface area contributed by atoms with Crippen LogP contribution in [0, 0.1) is 0 Å². The minimum absolute atomic E-state index is 0.0203. The molecular weight excluding hydrogens is 256 g/mol. The molecule has 5 heteroatoms. The fourth-order valence-electron chi connectivity index (χ4n) is 2.62. The molecule has 0 saturated heterocycles. The fourth-order valence-corrected chi connectivity index (χ4v) is 2.62. The number of aliphatic hydroxyl groups is 1. The maximum absolute atomic E-state index is 12.1. The molecule has 0 spiro atoms. The Kier molecular flexibility index (Phi) is 4.84. The van der Waals surface area contributed by atoms with E-state index in [1.165, 1.54) is 0 Å². The quantitative estimate of drug-likeness (QED) is 0.775. The van der Waals surface area contributed by atoms with Crippen LogP contribution in [0.3, 0.4) is 0 Å². The van der Waals surface area contributed by atoms with Crippen molar-refractivity contribution in [2.75, 3.05) is 18.5 Å². The molecule has 20 heavy (non-hydrogen) atoms. The summed E-state index contributed by atoms with van der Waals surface area (Å²) in [5.41, 5.74) is 0.169. The Hall–Kier alpha value is -1.75. The molecule has 1 saturated carbocycles. The lowest BCUT2D eigenvalue weighted by Gasteiger charge is -2.28. The van der Waals surface area contributed by atoms with Gasteiger partial charge in [0.1, 0.15) is 5.75 Å². The summed E-state index contributed by atoms with van der Waals surface area (Å²) in [5.74, 6) is 0.648. The normalized spacial score (nSPS) is 16.7. The van der Waals surface area contributed by atoms with Crippen molar-refractivity contribution in [1.82, 2.24) is 5.32 Å². The standard InChI is InChI=1S/C15H22N2O3/c1-2-20-13-8-4-3-7-12(13)16-14(19)17-15(11-18)9-5-6-10-15/h3-4,7-8,18H,2,5-6,9-11H2,1H3,(H2,16,17,19). The fraction of sp³-hybridized carbons (Fsp3) is 0.533. The first-order chi connectivity index (χ1) is 9.69. The summed E-state index contributed by atoms with van der Waals surface area (Å²) in [4.78, 5) is 12.1. The van der Waals surface area contributed by atoms with E-state index >= 15 is 0 Å². The van der Waals surface area contributed by atoms with Crippen molar-refractivity contribution in [3.8, 4) is 5.75 Å². The summed E-state index contributed by atoms with van der Waals surface area (Å²) in [5, 5.41) is 15.2. The molecule has 0 aliphatic heterocycles. The summed E-state index contributed by atoms with van der Waals surface area (Å²) in [6.45, 7) is 2.42. The third kappa shape index (κ3) is 3.42. The van der Waals surface area contributed by atoms with Crippen molar-refractivity contribution in [2.45, 2.75) is 38.1 Å². The number of ether oxygens (including phenoxy) is 1. The van der Waals surface area contributed by atoms with E-state index in [0.717, 1.165) is 25.7 Å². The van der Waals surface area contributed by atoms with Gasteiger partial charge in [-0.05, 0) is 31.9 Å². The van der Waals surface area contributed by atoms with Gasteiger partial charge < -0.3 is 20.5 Å². The number of anilines is 1. The predicted octanol–water partition coefficient (Wildman–Crippen LogP) is 2.51. The van der Waals surface area contributed by atoms with Crippen molar-refractivity contribution < 1.29 is 14.6 Å². The van der Waals surface area contributed by atoms with Crippen molar-refractivity contribution >= 4 is 11.7 Å². The highest BCUT2D eigenvalue weighted by atomic mass is 16.5. The van der Waals surface area contributed by atoms with E-state index in [0.29, 0.717) is 18.0 Å². The molecular formula is C15H22N2O3. The highest BCUT2D eigenvalue weighted by Crippen LogP contribution is 2.29. The Morgan fingerprint density at radius 2 is 2.05 bits per heavy atom. The van der Waals surface area contributed by atoms with Gasteiger partial charge in [-0.15, -0.1) is 0 Å². The summed E-state index contributed by atoms with van der Waals surface area (Å²) in [6.07, 6.45) is 3.72. The second kappa shape index (κ2) is 6.61. The minimum Gasteiger partial charge on any atom is -0.492 e. The van der Waals surface area contributed by atoms with Crippen LogP contribution < -0.4 is 15.4 Å². The molecule has 1 aromatic carbocycles. The summed E-state index contributed by atoms with van der Waals surface area (Å²) < 4.78 is 5.47. The summed E-state index contributed by atoms with van der Waals surface area (Å²) in [6, 6.07) is 7.02. The van der Waals surface area contributed by atoms with E-state index in [2.05, 4.69) is 10.6 Å². The molecule has 0 atom stereocenters. The first-order valence-corrected chi connectivity index (χ1v) is 7.11. The van der Waals surface area contributed by atoms with Gasteiger partial charge in [-0.1, -0.05) is 25.0 Å². The van der Waals surface area contributed by atoms with E-state index in [9.17, 15) is 9.90 Å². The monoisotopic (exact) mass is 278 g/mol. The maximum Gasteiger partial charge on any atom is 0.319 e. The van der Waals surface area contributed by atoms with Crippen LogP contribution in [0.25, 0.3) is 0 Å². The number of amides is 2. The number of benzene rings is 1. The molecule has 1 fully saturated rings. The highest BCUT2D eigenvalue weighted by Gasteiger charge is 2.34. The van der Waals surface area contributed by atoms with Crippen LogP contribution in [0.5, 0.6) is 5.75 Å². The molecule has 1 aromatic rings. The van der Waals surface area contributed by atoms with Crippen LogP contribution in [-0.4, -0.2) is 29.9 Å². The average molecular weight is 278 g/mol. The lowest BCUT2D eigenvalue weighted by atomic mass is 9.99. The number of hydrogen-bond acceptors (Lipinski definition) is 3. The van der Waals surface area contributed by atoms with Crippen molar-refractivity contribution in [1.29, 1.82) is 0 Å². The van der Waals surface area contributed by atoms with E-state index < -0.39 is 5.54 Å². The third-order valence-corrected chi connectivity index (χ3v) is 3.68. The molecule has 1 aliphatic carbocycles. The van der Waals surface area contributed by atoms with Gasteiger partial charge in [0.25, 0.3) is 0 Å². The number of para-hydroxylation sites is 2. The second-order valence-corrected chi connectivity index (χ2v) is 5.15. The van der Waals surface area contributed by atoms with Gasteiger partial charge in [0.2, 0.25) is 0 Å². The molecule has 3 N–H and O–H groups in total. The molecule has 5 nitrogen and oxygen atoms in total. The van der Waals surface area contributed by atoms with Gasteiger partial charge in [0.05, 0.1) is 24.4 Å². The Morgan fingerprint density at radius 3 is 2.70 bits per heavy atom. The number of aliphatic hydroxyl groups excluding tert-OH is 1. The molecule has 2 rings (SSSR count).